The lowest BCUT2D eigenvalue weighted by atomic mass is 10.0. The zero-order chi connectivity index (χ0) is 25.9. The molecule has 3 rings (SSSR count). The molecule has 0 aliphatic heterocycles. The van der Waals surface area contributed by atoms with Gasteiger partial charge in [0.15, 0.2) is 11.5 Å². The number of amides is 2. The molecule has 1 saturated carbocycles. The molecule has 2 amide bonds. The monoisotopic (exact) mass is 534 g/mol. The Morgan fingerprint density at radius 1 is 1.06 bits per heavy atom. The Bertz CT molecular complexity index is 992. The van der Waals surface area contributed by atoms with Crippen LogP contribution in [0.4, 0.5) is 0 Å². The normalized spacial score (nSPS) is 15.0. The van der Waals surface area contributed by atoms with Crippen LogP contribution in [0, 0.1) is 0 Å². The van der Waals surface area contributed by atoms with E-state index in [0.717, 1.165) is 31.2 Å². The molecule has 0 saturated heterocycles. The molecule has 2 aromatic carbocycles. The molecule has 2 aromatic rings. The first-order valence-corrected chi connectivity index (χ1v) is 13.6. The molecule has 0 radical (unpaired) electrons. The van der Waals surface area contributed by atoms with Gasteiger partial charge in [-0.1, -0.05) is 55.5 Å². The fourth-order valence-electron chi connectivity index (χ4n) is 4.68. The van der Waals surface area contributed by atoms with Gasteiger partial charge >= 0.3 is 0 Å². The summed E-state index contributed by atoms with van der Waals surface area (Å²) in [6.45, 7) is 2.71. The molecule has 1 aliphatic carbocycles. The van der Waals surface area contributed by atoms with Crippen molar-refractivity contribution in [1.82, 2.24) is 10.2 Å². The van der Waals surface area contributed by atoms with Gasteiger partial charge in [0, 0.05) is 17.6 Å². The lowest BCUT2D eigenvalue weighted by Gasteiger charge is -2.32. The maximum absolute atomic E-state index is 13.8. The highest BCUT2D eigenvalue weighted by Crippen LogP contribution is 2.33. The number of nitrogens with one attached hydrogen (secondary N) is 1. The van der Waals surface area contributed by atoms with Crippen LogP contribution < -0.4 is 14.8 Å². The molecular formula is C28H36Cl2N2O4. The first-order valence-electron chi connectivity index (χ1n) is 12.7. The minimum atomic E-state index is -0.851. The van der Waals surface area contributed by atoms with Crippen LogP contribution in [0.15, 0.2) is 42.5 Å². The molecule has 0 bridgehead atoms. The number of ether oxygens (including phenoxy) is 2. The second kappa shape index (κ2) is 14.3. The number of benzene rings is 2. The Labute approximate surface area is 224 Å². The number of methoxy groups -OCH3 is 1. The fourth-order valence-corrected chi connectivity index (χ4v) is 4.96. The standard InChI is InChI=1S/C28H36Cl2N2O4/c1-3-36-24-15-12-21(18-25(24)35-2)27(28(34)31-23-8-6-4-5-7-9-23)32(26(33)19-29)17-16-20-10-13-22(30)14-11-20/h10-15,18,23,27H,3-9,16-17,19H2,1-2H3,(H,31,34). The maximum atomic E-state index is 13.8. The maximum Gasteiger partial charge on any atom is 0.247 e. The summed E-state index contributed by atoms with van der Waals surface area (Å²) in [4.78, 5) is 28.5. The van der Waals surface area contributed by atoms with Crippen LogP contribution in [0.5, 0.6) is 11.5 Å². The quantitative estimate of drug-likeness (QED) is 0.286. The van der Waals surface area contributed by atoms with Gasteiger partial charge in [-0.15, -0.1) is 11.6 Å². The van der Waals surface area contributed by atoms with Crippen LogP contribution in [0.3, 0.4) is 0 Å². The third-order valence-corrected chi connectivity index (χ3v) is 7.03. The van der Waals surface area contributed by atoms with Crippen molar-refractivity contribution >= 4 is 35.0 Å². The van der Waals surface area contributed by atoms with Crippen LogP contribution >= 0.6 is 23.2 Å². The van der Waals surface area contributed by atoms with Crippen molar-refractivity contribution in [2.75, 3.05) is 26.1 Å². The summed E-state index contributed by atoms with van der Waals surface area (Å²) < 4.78 is 11.2. The summed E-state index contributed by atoms with van der Waals surface area (Å²) in [6.07, 6.45) is 6.99. The van der Waals surface area contributed by atoms with E-state index < -0.39 is 6.04 Å². The number of hydrogen-bond donors (Lipinski definition) is 1. The van der Waals surface area contributed by atoms with E-state index in [9.17, 15) is 9.59 Å². The van der Waals surface area contributed by atoms with E-state index in [2.05, 4.69) is 5.32 Å². The largest absolute Gasteiger partial charge is 0.493 e. The number of nitrogens with zero attached hydrogens (tertiary/aromatic N) is 1. The zero-order valence-corrected chi connectivity index (χ0v) is 22.6. The summed E-state index contributed by atoms with van der Waals surface area (Å²) in [7, 11) is 1.56. The molecule has 1 aliphatic rings. The van der Waals surface area contributed by atoms with Crippen LogP contribution in [0.25, 0.3) is 0 Å². The van der Waals surface area contributed by atoms with Gasteiger partial charge in [-0.05, 0) is 61.6 Å². The van der Waals surface area contributed by atoms with Crippen molar-refractivity contribution in [3.63, 3.8) is 0 Å². The number of halogens is 2. The lowest BCUT2D eigenvalue weighted by molar-refractivity contribution is -0.139. The number of rotatable bonds is 11. The lowest BCUT2D eigenvalue weighted by Crippen LogP contribution is -2.47. The Balaban J connectivity index is 1.95. The van der Waals surface area contributed by atoms with E-state index in [0.29, 0.717) is 41.7 Å². The van der Waals surface area contributed by atoms with Crippen LogP contribution in [-0.4, -0.2) is 48.9 Å². The minimum Gasteiger partial charge on any atom is -0.493 e. The molecule has 0 heterocycles. The molecule has 36 heavy (non-hydrogen) atoms. The van der Waals surface area contributed by atoms with E-state index in [4.69, 9.17) is 32.7 Å². The highest BCUT2D eigenvalue weighted by atomic mass is 35.5. The minimum absolute atomic E-state index is 0.0938. The van der Waals surface area contributed by atoms with Gasteiger partial charge < -0.3 is 19.7 Å². The first-order chi connectivity index (χ1) is 17.5. The molecule has 196 valence electrons. The summed E-state index contributed by atoms with van der Waals surface area (Å²) in [6, 6.07) is 12.1. The van der Waals surface area contributed by atoms with Gasteiger partial charge in [0.1, 0.15) is 11.9 Å². The Kier molecular flexibility index (Phi) is 11.2. The van der Waals surface area contributed by atoms with E-state index in [1.165, 1.54) is 12.8 Å². The molecule has 8 heteroatoms. The second-order valence-corrected chi connectivity index (χ2v) is 9.74. The number of carbonyl (C=O) groups is 2. The topological polar surface area (TPSA) is 67.9 Å². The second-order valence-electron chi connectivity index (χ2n) is 9.04. The van der Waals surface area contributed by atoms with Gasteiger partial charge in [0.25, 0.3) is 0 Å². The summed E-state index contributed by atoms with van der Waals surface area (Å²) >= 11 is 12.1. The van der Waals surface area contributed by atoms with E-state index >= 15 is 0 Å². The van der Waals surface area contributed by atoms with Gasteiger partial charge in [0.05, 0.1) is 13.7 Å². The molecule has 0 spiro atoms. The van der Waals surface area contributed by atoms with Gasteiger partial charge in [-0.25, -0.2) is 0 Å². The molecule has 1 unspecified atom stereocenters. The summed E-state index contributed by atoms with van der Waals surface area (Å²) in [5, 5.41) is 3.88. The van der Waals surface area contributed by atoms with E-state index in [-0.39, 0.29) is 23.7 Å². The van der Waals surface area contributed by atoms with Crippen LogP contribution in [0.2, 0.25) is 5.02 Å². The zero-order valence-electron chi connectivity index (χ0n) is 21.1. The number of alkyl halides is 1. The van der Waals surface area contributed by atoms with Crippen molar-refractivity contribution in [2.45, 2.75) is 64.0 Å². The van der Waals surface area contributed by atoms with Crippen LogP contribution in [0.1, 0.15) is 62.6 Å². The van der Waals surface area contributed by atoms with Crippen LogP contribution in [-0.2, 0) is 16.0 Å². The van der Waals surface area contributed by atoms with Gasteiger partial charge in [-0.2, -0.15) is 0 Å². The molecule has 1 atom stereocenters. The summed E-state index contributed by atoms with van der Waals surface area (Å²) in [5.74, 6) is 0.366. The summed E-state index contributed by atoms with van der Waals surface area (Å²) in [5.41, 5.74) is 1.66. The third kappa shape index (κ3) is 7.78. The predicted molar refractivity (Wildman–Crippen MR) is 144 cm³/mol. The van der Waals surface area contributed by atoms with Crippen molar-refractivity contribution in [1.29, 1.82) is 0 Å². The van der Waals surface area contributed by atoms with E-state index in [1.807, 2.05) is 37.3 Å². The molecular weight excluding hydrogens is 499 g/mol. The third-order valence-electron chi connectivity index (χ3n) is 6.55. The van der Waals surface area contributed by atoms with E-state index in [1.54, 1.807) is 24.1 Å². The number of carbonyl (C=O) groups excluding carboxylic acids is 2. The highest BCUT2D eigenvalue weighted by Gasteiger charge is 2.33. The van der Waals surface area contributed by atoms with Crippen molar-refractivity contribution in [2.24, 2.45) is 0 Å². The van der Waals surface area contributed by atoms with Gasteiger partial charge in [0.2, 0.25) is 11.8 Å². The Hall–Kier alpha value is -2.44. The molecule has 1 fully saturated rings. The number of hydrogen-bond acceptors (Lipinski definition) is 4. The Morgan fingerprint density at radius 3 is 2.36 bits per heavy atom. The van der Waals surface area contributed by atoms with Crippen molar-refractivity contribution in [3.8, 4) is 11.5 Å². The van der Waals surface area contributed by atoms with Gasteiger partial charge in [-0.3, -0.25) is 9.59 Å². The van der Waals surface area contributed by atoms with Crippen molar-refractivity contribution < 1.29 is 19.1 Å². The fraction of sp³-hybridized carbons (Fsp3) is 0.500. The average molecular weight is 536 g/mol. The SMILES string of the molecule is CCOc1ccc(C(C(=O)NC2CCCCCC2)N(CCc2ccc(Cl)cc2)C(=O)CCl)cc1OC. The average Bonchev–Trinajstić information content (AvgIpc) is 3.16. The first kappa shape index (κ1) is 28.1. The molecule has 6 nitrogen and oxygen atoms in total. The smallest absolute Gasteiger partial charge is 0.247 e. The molecule has 1 N–H and O–H groups in total. The van der Waals surface area contributed by atoms with Crippen molar-refractivity contribution in [3.05, 3.63) is 58.6 Å². The Morgan fingerprint density at radius 2 is 1.75 bits per heavy atom. The highest BCUT2D eigenvalue weighted by molar-refractivity contribution is 6.30. The predicted octanol–water partition coefficient (Wildman–Crippen LogP) is 5.94. The molecule has 0 aromatic heterocycles.